The molecule has 0 amide bonds. The van der Waals surface area contributed by atoms with Gasteiger partial charge in [0.15, 0.2) is 5.75 Å². The highest BCUT2D eigenvalue weighted by Gasteiger charge is 2.32. The van der Waals surface area contributed by atoms with Crippen molar-refractivity contribution in [3.63, 3.8) is 0 Å². The van der Waals surface area contributed by atoms with Gasteiger partial charge in [-0.3, -0.25) is 0 Å². The number of hydrogen-bond acceptors (Lipinski definition) is 2. The van der Waals surface area contributed by atoms with Crippen molar-refractivity contribution in [2.45, 2.75) is 13.3 Å². The zero-order valence-corrected chi connectivity index (χ0v) is 8.74. The van der Waals surface area contributed by atoms with Crippen molar-refractivity contribution < 1.29 is 17.9 Å². The van der Waals surface area contributed by atoms with Gasteiger partial charge in [-0.05, 0) is 24.6 Å². The van der Waals surface area contributed by atoms with E-state index in [2.05, 4.69) is 20.7 Å². The molecule has 0 aromatic heterocycles. The second-order valence-corrected chi connectivity index (χ2v) is 3.54. The fourth-order valence-electron chi connectivity index (χ4n) is 0.883. The van der Waals surface area contributed by atoms with Crippen LogP contribution in [0.15, 0.2) is 16.6 Å². The first-order valence-electron chi connectivity index (χ1n) is 3.61. The first-order valence-corrected chi connectivity index (χ1v) is 4.40. The van der Waals surface area contributed by atoms with Crippen molar-refractivity contribution in [3.05, 3.63) is 22.2 Å². The number of nitrogens with two attached hydrogens (primary N) is 1. The molecular formula is C8H7BrF3NO. The summed E-state index contributed by atoms with van der Waals surface area (Å²) in [5.41, 5.74) is 5.91. The van der Waals surface area contributed by atoms with Crippen LogP contribution >= 0.6 is 15.9 Å². The van der Waals surface area contributed by atoms with Crippen molar-refractivity contribution in [2.24, 2.45) is 0 Å². The van der Waals surface area contributed by atoms with Crippen LogP contribution in [0.2, 0.25) is 0 Å². The molecule has 0 aliphatic heterocycles. The number of halogens is 4. The minimum absolute atomic E-state index is 0.0557. The number of hydrogen-bond donors (Lipinski definition) is 1. The van der Waals surface area contributed by atoms with Gasteiger partial charge in [0, 0.05) is 4.47 Å². The van der Waals surface area contributed by atoms with Gasteiger partial charge < -0.3 is 10.5 Å². The summed E-state index contributed by atoms with van der Waals surface area (Å²) in [4.78, 5) is 0. The zero-order chi connectivity index (χ0) is 10.9. The Labute approximate surface area is 87.0 Å². The van der Waals surface area contributed by atoms with E-state index >= 15 is 0 Å². The summed E-state index contributed by atoms with van der Waals surface area (Å²) >= 11 is 3.14. The minimum Gasteiger partial charge on any atom is -0.404 e. The second-order valence-electron chi connectivity index (χ2n) is 2.69. The summed E-state index contributed by atoms with van der Waals surface area (Å²) in [5.74, 6) is -0.377. The van der Waals surface area contributed by atoms with Crippen molar-refractivity contribution >= 4 is 21.6 Å². The van der Waals surface area contributed by atoms with Gasteiger partial charge in [-0.2, -0.15) is 0 Å². The molecule has 0 unspecified atom stereocenters. The highest BCUT2D eigenvalue weighted by Crippen LogP contribution is 2.32. The summed E-state index contributed by atoms with van der Waals surface area (Å²) in [6.45, 7) is 1.65. The lowest BCUT2D eigenvalue weighted by atomic mass is 10.2. The largest absolute Gasteiger partial charge is 0.573 e. The fourth-order valence-corrected chi connectivity index (χ4v) is 1.24. The lowest BCUT2D eigenvalue weighted by molar-refractivity contribution is -0.274. The molecule has 0 fully saturated rings. The summed E-state index contributed by atoms with van der Waals surface area (Å²) in [5, 5.41) is 0. The van der Waals surface area contributed by atoms with Crippen molar-refractivity contribution in [1.29, 1.82) is 0 Å². The average molecular weight is 270 g/mol. The van der Waals surface area contributed by atoms with Crippen LogP contribution in [0.25, 0.3) is 0 Å². The third-order valence-electron chi connectivity index (χ3n) is 1.52. The molecule has 1 aromatic carbocycles. The molecule has 0 saturated heterocycles. The standard InChI is InChI=1S/C8H7BrF3NO/c1-4-2-7(14-8(10,11)12)6(13)3-5(4)9/h2-3H,13H2,1H3. The van der Waals surface area contributed by atoms with Gasteiger partial charge in [-0.15, -0.1) is 13.2 Å². The van der Waals surface area contributed by atoms with Crippen LogP contribution in [-0.2, 0) is 0 Å². The van der Waals surface area contributed by atoms with Gasteiger partial charge in [-0.1, -0.05) is 15.9 Å². The fraction of sp³-hybridized carbons (Fsp3) is 0.250. The first kappa shape index (κ1) is 11.2. The Morgan fingerprint density at radius 2 is 1.93 bits per heavy atom. The molecule has 0 bridgehead atoms. The Morgan fingerprint density at radius 1 is 1.36 bits per heavy atom. The van der Waals surface area contributed by atoms with Crippen molar-refractivity contribution in [3.8, 4) is 5.75 Å². The number of rotatable bonds is 1. The van der Waals surface area contributed by atoms with Crippen LogP contribution < -0.4 is 10.5 Å². The smallest absolute Gasteiger partial charge is 0.404 e. The van der Waals surface area contributed by atoms with E-state index < -0.39 is 6.36 Å². The topological polar surface area (TPSA) is 35.2 Å². The lowest BCUT2D eigenvalue weighted by Crippen LogP contribution is -2.18. The summed E-state index contributed by atoms with van der Waals surface area (Å²) in [6, 6.07) is 2.60. The van der Waals surface area contributed by atoms with Crippen LogP contribution in [-0.4, -0.2) is 6.36 Å². The highest BCUT2D eigenvalue weighted by atomic mass is 79.9. The molecule has 2 nitrogen and oxygen atoms in total. The Hall–Kier alpha value is -0.910. The Morgan fingerprint density at radius 3 is 2.43 bits per heavy atom. The Kier molecular flexibility index (Phi) is 2.94. The van der Waals surface area contributed by atoms with Crippen LogP contribution in [0.5, 0.6) is 5.75 Å². The molecule has 0 aliphatic rings. The SMILES string of the molecule is Cc1cc(OC(F)(F)F)c(N)cc1Br. The third-order valence-corrected chi connectivity index (χ3v) is 2.37. The van der Waals surface area contributed by atoms with Crippen molar-refractivity contribution in [1.82, 2.24) is 0 Å². The molecule has 1 aromatic rings. The maximum absolute atomic E-state index is 11.9. The van der Waals surface area contributed by atoms with Gasteiger partial charge >= 0.3 is 6.36 Å². The quantitative estimate of drug-likeness (QED) is 0.795. The molecule has 0 heterocycles. The maximum atomic E-state index is 11.9. The molecule has 0 spiro atoms. The van der Waals surface area contributed by atoms with Crippen LogP contribution in [0.1, 0.15) is 5.56 Å². The molecule has 2 N–H and O–H groups in total. The molecule has 6 heteroatoms. The predicted molar refractivity (Wildman–Crippen MR) is 50.0 cm³/mol. The monoisotopic (exact) mass is 269 g/mol. The van der Waals surface area contributed by atoms with E-state index in [4.69, 9.17) is 5.73 Å². The number of ether oxygens (including phenoxy) is 1. The normalized spacial score (nSPS) is 11.5. The number of aryl methyl sites for hydroxylation is 1. The molecule has 0 radical (unpaired) electrons. The molecular weight excluding hydrogens is 263 g/mol. The number of anilines is 1. The van der Waals surface area contributed by atoms with Gasteiger partial charge in [0.05, 0.1) is 5.69 Å². The van der Waals surface area contributed by atoms with Gasteiger partial charge in [0.1, 0.15) is 0 Å². The summed E-state index contributed by atoms with van der Waals surface area (Å²) < 4.78 is 40.0. The predicted octanol–water partition coefficient (Wildman–Crippen LogP) is 3.24. The van der Waals surface area contributed by atoms with Crippen molar-refractivity contribution in [2.75, 3.05) is 5.73 Å². The van der Waals surface area contributed by atoms with Gasteiger partial charge in [0.2, 0.25) is 0 Å². The molecule has 78 valence electrons. The van der Waals surface area contributed by atoms with Crippen LogP contribution in [0.3, 0.4) is 0 Å². The molecule has 0 atom stereocenters. The average Bonchev–Trinajstić information content (AvgIpc) is 1.97. The zero-order valence-electron chi connectivity index (χ0n) is 7.15. The first-order chi connectivity index (χ1) is 6.29. The van der Waals surface area contributed by atoms with E-state index in [0.29, 0.717) is 10.0 Å². The Balaban J connectivity index is 3.04. The second kappa shape index (κ2) is 3.68. The number of alkyl halides is 3. The summed E-state index contributed by atoms with van der Waals surface area (Å²) in [6.07, 6.45) is -4.71. The Bertz CT molecular complexity index is 351. The minimum atomic E-state index is -4.71. The van der Waals surface area contributed by atoms with E-state index in [1.165, 1.54) is 12.1 Å². The summed E-state index contributed by atoms with van der Waals surface area (Å²) in [7, 11) is 0. The van der Waals surface area contributed by atoms with Crippen LogP contribution in [0.4, 0.5) is 18.9 Å². The highest BCUT2D eigenvalue weighted by molar-refractivity contribution is 9.10. The third kappa shape index (κ3) is 2.80. The molecule has 1 rings (SSSR count). The van der Waals surface area contributed by atoms with Gasteiger partial charge in [0.25, 0.3) is 0 Å². The van der Waals surface area contributed by atoms with Gasteiger partial charge in [-0.25, -0.2) is 0 Å². The van der Waals surface area contributed by atoms with E-state index in [1.54, 1.807) is 6.92 Å². The number of benzene rings is 1. The van der Waals surface area contributed by atoms with E-state index in [0.717, 1.165) is 0 Å². The molecule has 14 heavy (non-hydrogen) atoms. The van der Waals surface area contributed by atoms with Crippen LogP contribution in [0, 0.1) is 6.92 Å². The lowest BCUT2D eigenvalue weighted by Gasteiger charge is -2.12. The number of nitrogen functional groups attached to an aromatic ring is 1. The molecule has 0 saturated carbocycles. The van der Waals surface area contributed by atoms with E-state index in [-0.39, 0.29) is 11.4 Å². The van der Waals surface area contributed by atoms with E-state index in [1.807, 2.05) is 0 Å². The maximum Gasteiger partial charge on any atom is 0.573 e. The molecule has 0 aliphatic carbocycles. The van der Waals surface area contributed by atoms with E-state index in [9.17, 15) is 13.2 Å².